The molecule has 0 radical (unpaired) electrons. The van der Waals surface area contributed by atoms with Gasteiger partial charge in [0.25, 0.3) is 0 Å². The first-order chi connectivity index (χ1) is 9.15. The maximum absolute atomic E-state index is 11.9. The smallest absolute Gasteiger partial charge is 0.248 e. The van der Waals surface area contributed by atoms with E-state index in [1.165, 1.54) is 5.56 Å². The van der Waals surface area contributed by atoms with E-state index >= 15 is 0 Å². The molecule has 0 spiro atoms. The molecule has 1 amide bonds. The molecule has 0 unspecified atom stereocenters. The summed E-state index contributed by atoms with van der Waals surface area (Å²) in [5.41, 5.74) is 4.04. The van der Waals surface area contributed by atoms with E-state index in [0.29, 0.717) is 0 Å². The maximum atomic E-state index is 11.9. The summed E-state index contributed by atoms with van der Waals surface area (Å²) in [7, 11) is 0. The standard InChI is InChI=1S/C17H17NO/c1-13-8-10-15(11-9-13)14(2)12-17(19)18-16-6-4-3-5-7-16/h3-12H,1-2H3,(H,18,19)/b14-12+. The fourth-order valence-electron chi connectivity index (χ4n) is 1.80. The van der Waals surface area contributed by atoms with Crippen LogP contribution < -0.4 is 5.32 Å². The highest BCUT2D eigenvalue weighted by molar-refractivity contribution is 6.03. The van der Waals surface area contributed by atoms with Gasteiger partial charge < -0.3 is 5.32 Å². The second kappa shape index (κ2) is 6.01. The average Bonchev–Trinajstić information content (AvgIpc) is 2.40. The highest BCUT2D eigenvalue weighted by Gasteiger charge is 2.01. The number of allylic oxidation sites excluding steroid dienone is 1. The van der Waals surface area contributed by atoms with E-state index in [1.807, 2.05) is 68.4 Å². The van der Waals surface area contributed by atoms with Crippen LogP contribution in [0.3, 0.4) is 0 Å². The van der Waals surface area contributed by atoms with Crippen molar-refractivity contribution in [3.05, 3.63) is 71.8 Å². The molecule has 0 aromatic heterocycles. The molecule has 1 N–H and O–H groups in total. The molecule has 0 atom stereocenters. The van der Waals surface area contributed by atoms with E-state index in [2.05, 4.69) is 5.32 Å². The van der Waals surface area contributed by atoms with E-state index in [-0.39, 0.29) is 5.91 Å². The third-order valence-electron chi connectivity index (χ3n) is 2.90. The molecule has 0 saturated carbocycles. The lowest BCUT2D eigenvalue weighted by atomic mass is 10.1. The summed E-state index contributed by atoms with van der Waals surface area (Å²) in [5, 5.41) is 2.84. The lowest BCUT2D eigenvalue weighted by Gasteiger charge is -2.04. The van der Waals surface area contributed by atoms with Crippen LogP contribution in [0.25, 0.3) is 5.57 Å². The summed E-state index contributed by atoms with van der Waals surface area (Å²) < 4.78 is 0. The molecule has 0 aliphatic heterocycles. The van der Waals surface area contributed by atoms with E-state index in [9.17, 15) is 4.79 Å². The topological polar surface area (TPSA) is 29.1 Å². The minimum absolute atomic E-state index is 0.107. The molecule has 0 bridgehead atoms. The number of nitrogens with one attached hydrogen (secondary N) is 1. The van der Waals surface area contributed by atoms with Gasteiger partial charge in [-0.25, -0.2) is 0 Å². The number of aryl methyl sites for hydroxylation is 1. The molecule has 19 heavy (non-hydrogen) atoms. The number of hydrogen-bond acceptors (Lipinski definition) is 1. The van der Waals surface area contributed by atoms with Crippen molar-refractivity contribution in [1.29, 1.82) is 0 Å². The zero-order valence-electron chi connectivity index (χ0n) is 11.2. The Bertz CT molecular complexity index is 582. The summed E-state index contributed by atoms with van der Waals surface area (Å²) in [6.07, 6.45) is 1.62. The lowest BCUT2D eigenvalue weighted by Crippen LogP contribution is -2.08. The molecule has 0 aliphatic rings. The summed E-state index contributed by atoms with van der Waals surface area (Å²) in [5.74, 6) is -0.107. The molecule has 2 aromatic rings. The summed E-state index contributed by atoms with van der Waals surface area (Å²) in [4.78, 5) is 11.9. The number of amides is 1. The zero-order chi connectivity index (χ0) is 13.7. The Kier molecular flexibility index (Phi) is 4.14. The van der Waals surface area contributed by atoms with Gasteiger partial charge in [-0.1, -0.05) is 48.0 Å². The monoisotopic (exact) mass is 251 g/mol. The molecule has 2 heteroatoms. The molecule has 0 aliphatic carbocycles. The van der Waals surface area contributed by atoms with Gasteiger partial charge in [0.1, 0.15) is 0 Å². The van der Waals surface area contributed by atoms with Crippen LogP contribution in [0.4, 0.5) is 5.69 Å². The predicted octanol–water partition coefficient (Wildman–Crippen LogP) is 4.04. The molecule has 96 valence electrons. The Labute approximate surface area is 113 Å². The second-order valence-corrected chi connectivity index (χ2v) is 4.55. The van der Waals surface area contributed by atoms with E-state index in [1.54, 1.807) is 6.08 Å². The van der Waals surface area contributed by atoms with Crippen molar-refractivity contribution in [1.82, 2.24) is 0 Å². The van der Waals surface area contributed by atoms with Crippen molar-refractivity contribution in [2.24, 2.45) is 0 Å². The van der Waals surface area contributed by atoms with Gasteiger partial charge in [-0.15, -0.1) is 0 Å². The average molecular weight is 251 g/mol. The van der Waals surface area contributed by atoms with Crippen LogP contribution in [-0.2, 0) is 4.79 Å². The lowest BCUT2D eigenvalue weighted by molar-refractivity contribution is -0.111. The fraction of sp³-hybridized carbons (Fsp3) is 0.118. The molecular weight excluding hydrogens is 234 g/mol. The van der Waals surface area contributed by atoms with Crippen LogP contribution in [0.5, 0.6) is 0 Å². The quantitative estimate of drug-likeness (QED) is 0.820. The van der Waals surface area contributed by atoms with Gasteiger partial charge in [0.05, 0.1) is 0 Å². The molecule has 0 saturated heterocycles. The first kappa shape index (κ1) is 13.1. The Morgan fingerprint density at radius 2 is 1.63 bits per heavy atom. The van der Waals surface area contributed by atoms with Gasteiger partial charge in [-0.3, -0.25) is 4.79 Å². The Morgan fingerprint density at radius 1 is 1.00 bits per heavy atom. The third kappa shape index (κ3) is 3.81. The molecule has 0 heterocycles. The van der Waals surface area contributed by atoms with Crippen molar-refractivity contribution in [3.8, 4) is 0 Å². The number of hydrogen-bond donors (Lipinski definition) is 1. The number of rotatable bonds is 3. The minimum Gasteiger partial charge on any atom is -0.323 e. The summed E-state index contributed by atoms with van der Waals surface area (Å²) >= 11 is 0. The Balaban J connectivity index is 2.08. The van der Waals surface area contributed by atoms with Crippen molar-refractivity contribution < 1.29 is 4.79 Å². The Hall–Kier alpha value is -2.35. The highest BCUT2D eigenvalue weighted by atomic mass is 16.1. The van der Waals surface area contributed by atoms with E-state index < -0.39 is 0 Å². The molecule has 2 aromatic carbocycles. The van der Waals surface area contributed by atoms with Gasteiger partial charge in [0.15, 0.2) is 0 Å². The first-order valence-electron chi connectivity index (χ1n) is 6.26. The number of carbonyl (C=O) groups excluding carboxylic acids is 1. The normalized spacial score (nSPS) is 11.2. The zero-order valence-corrected chi connectivity index (χ0v) is 11.2. The first-order valence-corrected chi connectivity index (χ1v) is 6.26. The number of anilines is 1. The molecule has 2 nitrogen and oxygen atoms in total. The minimum atomic E-state index is -0.107. The third-order valence-corrected chi connectivity index (χ3v) is 2.90. The Morgan fingerprint density at radius 3 is 2.26 bits per heavy atom. The van der Waals surface area contributed by atoms with Gasteiger partial charge in [-0.2, -0.15) is 0 Å². The number of para-hydroxylation sites is 1. The van der Waals surface area contributed by atoms with E-state index in [0.717, 1.165) is 16.8 Å². The van der Waals surface area contributed by atoms with Crippen molar-refractivity contribution in [2.75, 3.05) is 5.32 Å². The van der Waals surface area contributed by atoms with Crippen molar-refractivity contribution in [3.63, 3.8) is 0 Å². The van der Waals surface area contributed by atoms with Gasteiger partial charge in [-0.05, 0) is 37.1 Å². The predicted molar refractivity (Wildman–Crippen MR) is 79.9 cm³/mol. The molecular formula is C17H17NO. The van der Waals surface area contributed by atoms with Gasteiger partial charge in [0, 0.05) is 11.8 Å². The molecule has 2 rings (SSSR count). The SMILES string of the molecule is C/C(=C\C(=O)Nc1ccccc1)c1ccc(C)cc1. The molecule has 0 fully saturated rings. The number of benzene rings is 2. The van der Waals surface area contributed by atoms with E-state index in [4.69, 9.17) is 0 Å². The summed E-state index contributed by atoms with van der Waals surface area (Å²) in [6, 6.07) is 17.6. The van der Waals surface area contributed by atoms with Crippen LogP contribution in [0.1, 0.15) is 18.1 Å². The largest absolute Gasteiger partial charge is 0.323 e. The second-order valence-electron chi connectivity index (χ2n) is 4.55. The number of carbonyl (C=O) groups is 1. The van der Waals surface area contributed by atoms with Crippen LogP contribution >= 0.6 is 0 Å². The fourth-order valence-corrected chi connectivity index (χ4v) is 1.80. The maximum Gasteiger partial charge on any atom is 0.248 e. The van der Waals surface area contributed by atoms with Crippen molar-refractivity contribution in [2.45, 2.75) is 13.8 Å². The summed E-state index contributed by atoms with van der Waals surface area (Å²) in [6.45, 7) is 3.99. The highest BCUT2D eigenvalue weighted by Crippen LogP contribution is 2.14. The van der Waals surface area contributed by atoms with Crippen LogP contribution in [0.15, 0.2) is 60.7 Å². The van der Waals surface area contributed by atoms with Gasteiger partial charge in [0.2, 0.25) is 5.91 Å². The van der Waals surface area contributed by atoms with Crippen LogP contribution in [-0.4, -0.2) is 5.91 Å². The van der Waals surface area contributed by atoms with Crippen LogP contribution in [0, 0.1) is 6.92 Å². The van der Waals surface area contributed by atoms with Crippen molar-refractivity contribution >= 4 is 17.2 Å². The van der Waals surface area contributed by atoms with Gasteiger partial charge >= 0.3 is 0 Å². The van der Waals surface area contributed by atoms with Crippen LogP contribution in [0.2, 0.25) is 0 Å².